The minimum absolute atomic E-state index is 0.183. The Morgan fingerprint density at radius 2 is 2.04 bits per heavy atom. The molecule has 0 saturated heterocycles. The van der Waals surface area contributed by atoms with Crippen LogP contribution in [-0.2, 0) is 7.05 Å². The zero-order valence-electron chi connectivity index (χ0n) is 14.1. The summed E-state index contributed by atoms with van der Waals surface area (Å²) in [4.78, 5) is 21.1. The number of hydrogen-bond acceptors (Lipinski definition) is 4. The number of rotatable bonds is 3. The average molecular weight is 336 g/mol. The van der Waals surface area contributed by atoms with Crippen LogP contribution in [0.2, 0.25) is 0 Å². The Balaban J connectivity index is 1.58. The molecule has 7 nitrogen and oxygen atoms in total. The maximum atomic E-state index is 12.2. The summed E-state index contributed by atoms with van der Waals surface area (Å²) >= 11 is 0. The lowest BCUT2D eigenvalue weighted by atomic mass is 10.1. The van der Waals surface area contributed by atoms with E-state index in [1.165, 1.54) is 12.8 Å². The van der Waals surface area contributed by atoms with Crippen molar-refractivity contribution in [2.75, 3.05) is 5.32 Å². The van der Waals surface area contributed by atoms with Gasteiger partial charge in [-0.1, -0.05) is 12.8 Å². The molecule has 0 bridgehead atoms. The molecular formula is C18H20N6O. The van der Waals surface area contributed by atoms with Crippen LogP contribution in [0.1, 0.15) is 25.7 Å². The maximum absolute atomic E-state index is 12.2. The van der Waals surface area contributed by atoms with Gasteiger partial charge in [-0.05, 0) is 25.0 Å². The number of carbonyl (C=O) groups excluding carboxylic acids is 1. The fourth-order valence-electron chi connectivity index (χ4n) is 3.27. The van der Waals surface area contributed by atoms with Gasteiger partial charge in [0.25, 0.3) is 0 Å². The maximum Gasteiger partial charge on any atom is 0.319 e. The highest BCUT2D eigenvalue weighted by Gasteiger charge is 2.17. The molecule has 0 radical (unpaired) electrons. The summed E-state index contributed by atoms with van der Waals surface area (Å²) in [6.45, 7) is 0. The highest BCUT2D eigenvalue weighted by molar-refractivity contribution is 5.99. The summed E-state index contributed by atoms with van der Waals surface area (Å²) in [5, 5.41) is 10.1. The van der Waals surface area contributed by atoms with E-state index in [-0.39, 0.29) is 12.1 Å². The van der Waals surface area contributed by atoms with Gasteiger partial charge in [-0.3, -0.25) is 14.6 Å². The van der Waals surface area contributed by atoms with Crippen molar-refractivity contribution in [2.45, 2.75) is 31.7 Å². The van der Waals surface area contributed by atoms with Gasteiger partial charge in [0.2, 0.25) is 0 Å². The largest absolute Gasteiger partial charge is 0.335 e. The van der Waals surface area contributed by atoms with E-state index >= 15 is 0 Å². The van der Waals surface area contributed by atoms with Gasteiger partial charge >= 0.3 is 6.03 Å². The molecular weight excluding hydrogens is 316 g/mol. The van der Waals surface area contributed by atoms with E-state index in [0.29, 0.717) is 11.2 Å². The van der Waals surface area contributed by atoms with E-state index in [0.717, 1.165) is 29.5 Å². The van der Waals surface area contributed by atoms with Gasteiger partial charge in [-0.25, -0.2) is 4.79 Å². The van der Waals surface area contributed by atoms with Crippen molar-refractivity contribution in [1.29, 1.82) is 0 Å². The third-order valence-corrected chi connectivity index (χ3v) is 4.55. The van der Waals surface area contributed by atoms with Crippen LogP contribution in [0.25, 0.3) is 22.2 Å². The lowest BCUT2D eigenvalue weighted by Gasteiger charge is -2.13. The second kappa shape index (κ2) is 6.51. The van der Waals surface area contributed by atoms with Crippen molar-refractivity contribution in [3.05, 3.63) is 36.9 Å². The van der Waals surface area contributed by atoms with Crippen molar-refractivity contribution in [1.82, 2.24) is 25.1 Å². The van der Waals surface area contributed by atoms with Crippen LogP contribution in [0, 0.1) is 0 Å². The standard InChI is InChI=1S/C18H20N6O/c1-24-11-13(10-21-24)12-8-16-17(20-9-12)15(6-7-19-16)23-18(25)22-14-4-2-3-5-14/h6-11,14H,2-5H2,1H3,(H2,19,22,23,25). The van der Waals surface area contributed by atoms with Gasteiger partial charge in [-0.2, -0.15) is 5.10 Å². The van der Waals surface area contributed by atoms with Crippen molar-refractivity contribution in [3.63, 3.8) is 0 Å². The first-order chi connectivity index (χ1) is 12.2. The molecule has 3 aromatic heterocycles. The topological polar surface area (TPSA) is 84.7 Å². The van der Waals surface area contributed by atoms with Crippen LogP contribution in [0.5, 0.6) is 0 Å². The number of pyridine rings is 2. The molecule has 7 heteroatoms. The quantitative estimate of drug-likeness (QED) is 0.770. The lowest BCUT2D eigenvalue weighted by Crippen LogP contribution is -2.36. The number of nitrogens with one attached hydrogen (secondary N) is 2. The molecule has 0 aromatic carbocycles. The Hall–Kier alpha value is -2.96. The number of anilines is 1. The first-order valence-corrected chi connectivity index (χ1v) is 8.50. The second-order valence-electron chi connectivity index (χ2n) is 6.43. The van der Waals surface area contributed by atoms with Crippen LogP contribution >= 0.6 is 0 Å². The molecule has 0 unspecified atom stereocenters. The van der Waals surface area contributed by atoms with Crippen LogP contribution < -0.4 is 10.6 Å². The van der Waals surface area contributed by atoms with Crippen molar-refractivity contribution in [3.8, 4) is 11.1 Å². The molecule has 2 amide bonds. The van der Waals surface area contributed by atoms with Gasteiger partial charge in [0, 0.05) is 42.8 Å². The first-order valence-electron chi connectivity index (χ1n) is 8.50. The molecule has 1 aliphatic rings. The zero-order valence-corrected chi connectivity index (χ0v) is 14.1. The second-order valence-corrected chi connectivity index (χ2v) is 6.43. The number of amides is 2. The van der Waals surface area contributed by atoms with Gasteiger partial charge in [-0.15, -0.1) is 0 Å². The summed E-state index contributed by atoms with van der Waals surface area (Å²) in [6, 6.07) is 3.82. The smallest absolute Gasteiger partial charge is 0.319 e. The molecule has 1 fully saturated rings. The Morgan fingerprint density at radius 1 is 1.20 bits per heavy atom. The number of urea groups is 1. The number of hydrogen-bond donors (Lipinski definition) is 2. The van der Waals surface area contributed by atoms with Crippen LogP contribution in [0.4, 0.5) is 10.5 Å². The van der Waals surface area contributed by atoms with Crippen LogP contribution in [-0.4, -0.2) is 31.8 Å². The SMILES string of the molecule is Cn1cc(-c2cnc3c(NC(=O)NC4CCCC4)ccnc3c2)cn1. The van der Waals surface area contributed by atoms with Crippen molar-refractivity contribution >= 4 is 22.8 Å². The summed E-state index contributed by atoms with van der Waals surface area (Å²) in [5.41, 5.74) is 4.01. The molecule has 25 heavy (non-hydrogen) atoms. The normalized spacial score (nSPS) is 14.8. The zero-order chi connectivity index (χ0) is 17.2. The van der Waals surface area contributed by atoms with E-state index in [9.17, 15) is 4.79 Å². The number of carbonyl (C=O) groups is 1. The Bertz CT molecular complexity index is 913. The van der Waals surface area contributed by atoms with Crippen LogP contribution in [0.15, 0.2) is 36.9 Å². The molecule has 1 aliphatic carbocycles. The molecule has 4 rings (SSSR count). The van der Waals surface area contributed by atoms with E-state index in [1.54, 1.807) is 29.3 Å². The molecule has 0 spiro atoms. The summed E-state index contributed by atoms with van der Waals surface area (Å²) in [7, 11) is 1.88. The number of aromatic nitrogens is 4. The highest BCUT2D eigenvalue weighted by atomic mass is 16.2. The average Bonchev–Trinajstić information content (AvgIpc) is 3.26. The summed E-state index contributed by atoms with van der Waals surface area (Å²) < 4.78 is 1.75. The van der Waals surface area contributed by atoms with Gasteiger partial charge in [0.15, 0.2) is 0 Å². The number of aryl methyl sites for hydroxylation is 1. The predicted molar refractivity (Wildman–Crippen MR) is 96.2 cm³/mol. The molecule has 3 heterocycles. The third-order valence-electron chi connectivity index (χ3n) is 4.55. The lowest BCUT2D eigenvalue weighted by molar-refractivity contribution is 0.248. The highest BCUT2D eigenvalue weighted by Crippen LogP contribution is 2.25. The van der Waals surface area contributed by atoms with E-state index in [4.69, 9.17) is 0 Å². The number of fused-ring (bicyclic) bond motifs is 1. The number of nitrogens with zero attached hydrogens (tertiary/aromatic N) is 4. The first kappa shape index (κ1) is 15.6. The fourth-order valence-corrected chi connectivity index (χ4v) is 3.27. The molecule has 1 saturated carbocycles. The Kier molecular flexibility index (Phi) is 4.05. The monoisotopic (exact) mass is 336 g/mol. The fraction of sp³-hybridized carbons (Fsp3) is 0.333. The Labute approximate surface area is 145 Å². The molecule has 3 aromatic rings. The third kappa shape index (κ3) is 3.31. The molecule has 128 valence electrons. The van der Waals surface area contributed by atoms with Gasteiger partial charge in [0.1, 0.15) is 5.52 Å². The van der Waals surface area contributed by atoms with E-state index in [1.807, 2.05) is 19.3 Å². The van der Waals surface area contributed by atoms with E-state index < -0.39 is 0 Å². The van der Waals surface area contributed by atoms with E-state index in [2.05, 4.69) is 25.7 Å². The summed E-state index contributed by atoms with van der Waals surface area (Å²) in [5.74, 6) is 0. The minimum Gasteiger partial charge on any atom is -0.335 e. The van der Waals surface area contributed by atoms with Crippen molar-refractivity contribution < 1.29 is 4.79 Å². The van der Waals surface area contributed by atoms with Gasteiger partial charge < -0.3 is 10.6 Å². The minimum atomic E-state index is -0.183. The molecule has 2 N–H and O–H groups in total. The molecule has 0 aliphatic heterocycles. The van der Waals surface area contributed by atoms with Gasteiger partial charge in [0.05, 0.1) is 17.4 Å². The molecule has 0 atom stereocenters. The van der Waals surface area contributed by atoms with Crippen molar-refractivity contribution in [2.24, 2.45) is 7.05 Å². The van der Waals surface area contributed by atoms with Crippen LogP contribution in [0.3, 0.4) is 0 Å². The predicted octanol–water partition coefficient (Wildman–Crippen LogP) is 3.09. The Morgan fingerprint density at radius 3 is 2.80 bits per heavy atom. The summed E-state index contributed by atoms with van der Waals surface area (Å²) in [6.07, 6.45) is 11.7.